The number of rotatable bonds is 4. The smallest absolute Gasteiger partial charge is 0.165 e. The zero-order chi connectivity index (χ0) is 12.1. The Bertz CT molecular complexity index is 502. The summed E-state index contributed by atoms with van der Waals surface area (Å²) in [7, 11) is 0. The molecule has 88 valence electrons. The van der Waals surface area contributed by atoms with E-state index in [-0.39, 0.29) is 18.2 Å². The lowest BCUT2D eigenvalue weighted by Gasteiger charge is -2.09. The Hall–Kier alpha value is -1.94. The number of para-hydroxylation sites is 1. The highest BCUT2D eigenvalue weighted by Crippen LogP contribution is 2.17. The third kappa shape index (κ3) is 2.79. The molecule has 0 saturated carbocycles. The molecule has 0 saturated heterocycles. The van der Waals surface area contributed by atoms with Gasteiger partial charge in [-0.1, -0.05) is 12.1 Å². The Morgan fingerprint density at radius 2 is 2.00 bits per heavy atom. The van der Waals surface area contributed by atoms with E-state index in [2.05, 4.69) is 4.98 Å². The molecule has 0 amide bonds. The maximum Gasteiger partial charge on any atom is 0.165 e. The van der Waals surface area contributed by atoms with Gasteiger partial charge in [-0.05, 0) is 23.8 Å². The summed E-state index contributed by atoms with van der Waals surface area (Å²) < 4.78 is 18.7. The molecule has 0 aliphatic rings. The number of benzene rings is 1. The standard InChI is InChI=1S/C13H13FN2O/c14-12-3-1-2-4-13(12)17-9-11-8-16-6-5-10(11)7-15/h1-6,8H,7,9,15H2. The van der Waals surface area contributed by atoms with Crippen LogP contribution >= 0.6 is 0 Å². The van der Waals surface area contributed by atoms with Crippen LogP contribution in [0.2, 0.25) is 0 Å². The first-order chi connectivity index (χ1) is 8.31. The topological polar surface area (TPSA) is 48.1 Å². The summed E-state index contributed by atoms with van der Waals surface area (Å²) in [4.78, 5) is 4.00. The predicted molar refractivity (Wildman–Crippen MR) is 62.9 cm³/mol. The molecule has 2 rings (SSSR count). The minimum absolute atomic E-state index is 0.235. The number of nitrogens with two attached hydrogens (primary N) is 1. The molecule has 0 spiro atoms. The van der Waals surface area contributed by atoms with Gasteiger partial charge in [-0.2, -0.15) is 0 Å². The average molecular weight is 232 g/mol. The van der Waals surface area contributed by atoms with Crippen LogP contribution in [-0.4, -0.2) is 4.98 Å². The number of hydrogen-bond donors (Lipinski definition) is 1. The minimum atomic E-state index is -0.370. The average Bonchev–Trinajstić information content (AvgIpc) is 2.38. The van der Waals surface area contributed by atoms with Crippen LogP contribution in [0.4, 0.5) is 4.39 Å². The Labute approximate surface area is 99.1 Å². The van der Waals surface area contributed by atoms with Gasteiger partial charge in [0.15, 0.2) is 11.6 Å². The molecule has 1 aromatic heterocycles. The molecule has 0 radical (unpaired) electrons. The van der Waals surface area contributed by atoms with Gasteiger partial charge in [0.25, 0.3) is 0 Å². The molecule has 4 heteroatoms. The van der Waals surface area contributed by atoms with Crippen molar-refractivity contribution in [3.8, 4) is 5.75 Å². The van der Waals surface area contributed by atoms with Crippen molar-refractivity contribution in [3.05, 3.63) is 59.7 Å². The Balaban J connectivity index is 2.10. The van der Waals surface area contributed by atoms with Crippen molar-refractivity contribution in [2.75, 3.05) is 0 Å². The maximum absolute atomic E-state index is 13.3. The summed E-state index contributed by atoms with van der Waals surface area (Å²) in [5.74, 6) is -0.134. The highest BCUT2D eigenvalue weighted by molar-refractivity contribution is 5.26. The van der Waals surface area contributed by atoms with Crippen LogP contribution in [0.5, 0.6) is 5.75 Å². The molecule has 1 heterocycles. The minimum Gasteiger partial charge on any atom is -0.486 e. The number of hydrogen-bond acceptors (Lipinski definition) is 3. The lowest BCUT2D eigenvalue weighted by Crippen LogP contribution is -2.05. The number of nitrogens with zero attached hydrogens (tertiary/aromatic N) is 1. The van der Waals surface area contributed by atoms with Crippen molar-refractivity contribution in [1.29, 1.82) is 0 Å². The maximum atomic E-state index is 13.3. The summed E-state index contributed by atoms with van der Waals surface area (Å²) in [6.45, 7) is 0.680. The molecule has 2 N–H and O–H groups in total. The van der Waals surface area contributed by atoms with Crippen molar-refractivity contribution in [3.63, 3.8) is 0 Å². The Morgan fingerprint density at radius 3 is 2.76 bits per heavy atom. The monoisotopic (exact) mass is 232 g/mol. The van der Waals surface area contributed by atoms with Gasteiger partial charge in [0.1, 0.15) is 6.61 Å². The molecule has 0 fully saturated rings. The molecule has 17 heavy (non-hydrogen) atoms. The van der Waals surface area contributed by atoms with Crippen molar-refractivity contribution in [2.45, 2.75) is 13.2 Å². The predicted octanol–water partition coefficient (Wildman–Crippen LogP) is 2.26. The van der Waals surface area contributed by atoms with E-state index in [1.165, 1.54) is 6.07 Å². The molecule has 0 atom stereocenters. The Morgan fingerprint density at radius 1 is 1.18 bits per heavy atom. The van der Waals surface area contributed by atoms with Gasteiger partial charge >= 0.3 is 0 Å². The van der Waals surface area contributed by atoms with E-state index >= 15 is 0 Å². The summed E-state index contributed by atoms with van der Waals surface area (Å²) in [6, 6.07) is 8.14. The SMILES string of the molecule is NCc1ccncc1COc1ccccc1F. The second-order valence-corrected chi connectivity index (χ2v) is 3.57. The summed E-state index contributed by atoms with van der Waals surface area (Å²) in [5.41, 5.74) is 7.42. The molecule has 0 aliphatic carbocycles. The van der Waals surface area contributed by atoms with E-state index < -0.39 is 0 Å². The van der Waals surface area contributed by atoms with Crippen LogP contribution in [0.25, 0.3) is 0 Å². The van der Waals surface area contributed by atoms with Crippen molar-refractivity contribution in [2.24, 2.45) is 5.73 Å². The number of aromatic nitrogens is 1. The second-order valence-electron chi connectivity index (χ2n) is 3.57. The Kier molecular flexibility index (Phi) is 3.67. The molecular formula is C13H13FN2O. The highest BCUT2D eigenvalue weighted by Gasteiger charge is 2.04. The van der Waals surface area contributed by atoms with Gasteiger partial charge in [0.05, 0.1) is 0 Å². The fourth-order valence-electron chi connectivity index (χ4n) is 1.50. The van der Waals surface area contributed by atoms with Crippen LogP contribution < -0.4 is 10.5 Å². The van der Waals surface area contributed by atoms with Gasteiger partial charge in [-0.25, -0.2) is 4.39 Å². The summed E-state index contributed by atoms with van der Waals surface area (Å²) in [5, 5.41) is 0. The van der Waals surface area contributed by atoms with Gasteiger partial charge in [-0.3, -0.25) is 4.98 Å². The first-order valence-electron chi connectivity index (χ1n) is 5.30. The van der Waals surface area contributed by atoms with Crippen LogP contribution in [0.15, 0.2) is 42.7 Å². The first-order valence-corrected chi connectivity index (χ1v) is 5.30. The van der Waals surface area contributed by atoms with Crippen molar-refractivity contribution >= 4 is 0 Å². The van der Waals surface area contributed by atoms with Crippen LogP contribution in [0.1, 0.15) is 11.1 Å². The van der Waals surface area contributed by atoms with E-state index in [9.17, 15) is 4.39 Å². The number of halogens is 1. The van der Waals surface area contributed by atoms with Crippen molar-refractivity contribution in [1.82, 2.24) is 4.98 Å². The van der Waals surface area contributed by atoms with Crippen molar-refractivity contribution < 1.29 is 9.13 Å². The molecule has 3 nitrogen and oxygen atoms in total. The lowest BCUT2D eigenvalue weighted by atomic mass is 10.1. The van der Waals surface area contributed by atoms with E-state index in [0.717, 1.165) is 11.1 Å². The third-order valence-electron chi connectivity index (χ3n) is 2.44. The van der Waals surface area contributed by atoms with E-state index in [1.54, 1.807) is 30.6 Å². The van der Waals surface area contributed by atoms with Gasteiger partial charge < -0.3 is 10.5 Å². The summed E-state index contributed by atoms with van der Waals surface area (Å²) >= 11 is 0. The second kappa shape index (κ2) is 5.41. The van der Waals surface area contributed by atoms with Crippen LogP contribution in [0.3, 0.4) is 0 Å². The highest BCUT2D eigenvalue weighted by atomic mass is 19.1. The van der Waals surface area contributed by atoms with E-state index in [0.29, 0.717) is 6.54 Å². The first kappa shape index (κ1) is 11.5. The van der Waals surface area contributed by atoms with Gasteiger partial charge in [0, 0.05) is 24.5 Å². The molecule has 2 aromatic rings. The van der Waals surface area contributed by atoms with Gasteiger partial charge in [0.2, 0.25) is 0 Å². The van der Waals surface area contributed by atoms with Crippen LogP contribution in [-0.2, 0) is 13.2 Å². The third-order valence-corrected chi connectivity index (χ3v) is 2.44. The number of pyridine rings is 1. The molecular weight excluding hydrogens is 219 g/mol. The van der Waals surface area contributed by atoms with Crippen LogP contribution in [0, 0.1) is 5.82 Å². The molecule has 1 aromatic carbocycles. The zero-order valence-electron chi connectivity index (χ0n) is 9.27. The number of ether oxygens (including phenoxy) is 1. The summed E-state index contributed by atoms with van der Waals surface area (Å²) in [6.07, 6.45) is 3.36. The molecule has 0 bridgehead atoms. The molecule has 0 aliphatic heterocycles. The van der Waals surface area contributed by atoms with E-state index in [4.69, 9.17) is 10.5 Å². The fourth-order valence-corrected chi connectivity index (χ4v) is 1.50. The van der Waals surface area contributed by atoms with Gasteiger partial charge in [-0.15, -0.1) is 0 Å². The van der Waals surface area contributed by atoms with E-state index in [1.807, 2.05) is 6.07 Å². The molecule has 0 unspecified atom stereocenters. The quantitative estimate of drug-likeness (QED) is 0.879. The lowest BCUT2D eigenvalue weighted by molar-refractivity contribution is 0.289. The fraction of sp³-hybridized carbons (Fsp3) is 0.154. The largest absolute Gasteiger partial charge is 0.486 e. The normalized spacial score (nSPS) is 10.2. The zero-order valence-corrected chi connectivity index (χ0v) is 9.27.